The van der Waals surface area contributed by atoms with Crippen LogP contribution in [-0.2, 0) is 6.42 Å². The van der Waals surface area contributed by atoms with Crippen molar-refractivity contribution in [3.8, 4) is 0 Å². The van der Waals surface area contributed by atoms with Gasteiger partial charge < -0.3 is 5.73 Å². The maximum Gasteiger partial charge on any atom is 0.159 e. The summed E-state index contributed by atoms with van der Waals surface area (Å²) in [6.45, 7) is 1.89. The molecule has 0 bridgehead atoms. The van der Waals surface area contributed by atoms with Gasteiger partial charge in [-0.05, 0) is 42.7 Å². The van der Waals surface area contributed by atoms with Crippen molar-refractivity contribution in [3.05, 3.63) is 65.0 Å². The van der Waals surface area contributed by atoms with Gasteiger partial charge in [-0.3, -0.25) is 4.98 Å². The van der Waals surface area contributed by atoms with E-state index in [0.29, 0.717) is 12.0 Å². The molecule has 1 aromatic heterocycles. The minimum Gasteiger partial charge on any atom is -0.324 e. The number of rotatable bonds is 3. The van der Waals surface area contributed by atoms with Crippen LogP contribution in [0.5, 0.6) is 0 Å². The molecule has 2 N–H and O–H groups in total. The van der Waals surface area contributed by atoms with Gasteiger partial charge in [-0.1, -0.05) is 12.1 Å². The van der Waals surface area contributed by atoms with E-state index in [9.17, 15) is 8.78 Å². The molecule has 1 unspecified atom stereocenters. The number of nitrogens with zero attached hydrogens (tertiary/aromatic N) is 1. The summed E-state index contributed by atoms with van der Waals surface area (Å²) >= 11 is 0. The number of nitrogens with two attached hydrogens (primary N) is 1. The van der Waals surface area contributed by atoms with E-state index in [2.05, 4.69) is 4.98 Å². The van der Waals surface area contributed by atoms with Crippen LogP contribution in [0.15, 0.2) is 36.5 Å². The molecule has 2 aromatic rings. The molecule has 0 aliphatic carbocycles. The summed E-state index contributed by atoms with van der Waals surface area (Å²) in [6, 6.07) is 7.33. The van der Waals surface area contributed by atoms with Crippen molar-refractivity contribution in [3.63, 3.8) is 0 Å². The lowest BCUT2D eigenvalue weighted by molar-refractivity contribution is 0.506. The zero-order chi connectivity index (χ0) is 13.1. The Labute approximate surface area is 104 Å². The molecule has 1 atom stereocenters. The van der Waals surface area contributed by atoms with Crippen molar-refractivity contribution in [1.82, 2.24) is 4.98 Å². The van der Waals surface area contributed by atoms with Crippen LogP contribution in [0.2, 0.25) is 0 Å². The number of hydrogen-bond donors (Lipinski definition) is 1. The Morgan fingerprint density at radius 3 is 2.56 bits per heavy atom. The summed E-state index contributed by atoms with van der Waals surface area (Å²) in [5.74, 6) is -1.69. The molecule has 0 aliphatic rings. The Kier molecular flexibility index (Phi) is 3.67. The van der Waals surface area contributed by atoms with Gasteiger partial charge in [-0.15, -0.1) is 0 Å². The number of hydrogen-bond acceptors (Lipinski definition) is 2. The normalized spacial score (nSPS) is 12.4. The zero-order valence-electron chi connectivity index (χ0n) is 10.0. The summed E-state index contributed by atoms with van der Waals surface area (Å²) in [5.41, 5.74) is 8.47. The summed E-state index contributed by atoms with van der Waals surface area (Å²) in [7, 11) is 0. The van der Waals surface area contributed by atoms with Gasteiger partial charge >= 0.3 is 0 Å². The summed E-state index contributed by atoms with van der Waals surface area (Å²) in [4.78, 5) is 4.16. The number of aromatic nitrogens is 1. The Morgan fingerprint density at radius 2 is 1.94 bits per heavy atom. The number of halogens is 2. The average molecular weight is 248 g/mol. The minimum atomic E-state index is -0.846. The van der Waals surface area contributed by atoms with E-state index in [4.69, 9.17) is 5.73 Å². The Morgan fingerprint density at radius 1 is 1.17 bits per heavy atom. The predicted octanol–water partition coefficient (Wildman–Crippen LogP) is 2.91. The van der Waals surface area contributed by atoms with Crippen molar-refractivity contribution < 1.29 is 8.78 Å². The van der Waals surface area contributed by atoms with Gasteiger partial charge in [-0.25, -0.2) is 8.78 Å². The van der Waals surface area contributed by atoms with Gasteiger partial charge in [0.25, 0.3) is 0 Å². The number of pyridine rings is 1. The lowest BCUT2D eigenvalue weighted by Crippen LogP contribution is -2.14. The lowest BCUT2D eigenvalue weighted by atomic mass is 10.0. The van der Waals surface area contributed by atoms with Crippen LogP contribution in [0.25, 0.3) is 0 Å². The molecule has 0 amide bonds. The maximum absolute atomic E-state index is 13.1. The molecule has 0 aliphatic heterocycles. The highest BCUT2D eigenvalue weighted by atomic mass is 19.2. The van der Waals surface area contributed by atoms with Crippen LogP contribution in [0, 0.1) is 18.6 Å². The highest BCUT2D eigenvalue weighted by Crippen LogP contribution is 2.17. The maximum atomic E-state index is 13.1. The van der Waals surface area contributed by atoms with Crippen molar-refractivity contribution in [2.75, 3.05) is 0 Å². The van der Waals surface area contributed by atoms with Gasteiger partial charge in [0.05, 0.1) is 0 Å². The fourth-order valence-electron chi connectivity index (χ4n) is 1.74. The average Bonchev–Trinajstić information content (AvgIpc) is 2.34. The Bertz CT molecular complexity index is 538. The van der Waals surface area contributed by atoms with Crippen molar-refractivity contribution in [2.45, 2.75) is 19.4 Å². The van der Waals surface area contributed by atoms with Crippen LogP contribution >= 0.6 is 0 Å². The van der Waals surface area contributed by atoms with Gasteiger partial charge in [-0.2, -0.15) is 0 Å². The summed E-state index contributed by atoms with van der Waals surface area (Å²) in [5, 5.41) is 0. The van der Waals surface area contributed by atoms with E-state index in [1.54, 1.807) is 12.3 Å². The lowest BCUT2D eigenvalue weighted by Gasteiger charge is -2.12. The third kappa shape index (κ3) is 2.90. The first-order chi connectivity index (χ1) is 8.56. The van der Waals surface area contributed by atoms with Gasteiger partial charge in [0.1, 0.15) is 0 Å². The molecule has 1 aromatic carbocycles. The van der Waals surface area contributed by atoms with Gasteiger partial charge in [0, 0.05) is 17.9 Å². The molecule has 2 nitrogen and oxygen atoms in total. The molecular formula is C14H14F2N2. The van der Waals surface area contributed by atoms with Crippen LogP contribution in [0.3, 0.4) is 0 Å². The van der Waals surface area contributed by atoms with E-state index in [0.717, 1.165) is 17.3 Å². The molecule has 18 heavy (non-hydrogen) atoms. The fourth-order valence-corrected chi connectivity index (χ4v) is 1.74. The first kappa shape index (κ1) is 12.6. The smallest absolute Gasteiger partial charge is 0.159 e. The molecule has 0 fully saturated rings. The van der Waals surface area contributed by atoms with E-state index in [1.165, 1.54) is 6.07 Å². The molecule has 1 heterocycles. The Balaban J connectivity index is 2.13. The fraction of sp³-hybridized carbons (Fsp3) is 0.214. The molecular weight excluding hydrogens is 234 g/mol. The second-order valence-corrected chi connectivity index (χ2v) is 4.29. The molecule has 0 saturated carbocycles. The first-order valence-corrected chi connectivity index (χ1v) is 5.68. The zero-order valence-corrected chi connectivity index (χ0v) is 10.0. The monoisotopic (exact) mass is 248 g/mol. The summed E-state index contributed by atoms with van der Waals surface area (Å²) in [6.07, 6.45) is 2.15. The van der Waals surface area contributed by atoms with Crippen molar-refractivity contribution in [2.24, 2.45) is 5.73 Å². The quantitative estimate of drug-likeness (QED) is 0.907. The largest absolute Gasteiger partial charge is 0.324 e. The Hall–Kier alpha value is -1.81. The summed E-state index contributed by atoms with van der Waals surface area (Å²) < 4.78 is 25.8. The van der Waals surface area contributed by atoms with Crippen LogP contribution < -0.4 is 5.73 Å². The van der Waals surface area contributed by atoms with Crippen molar-refractivity contribution in [1.29, 1.82) is 0 Å². The molecule has 0 radical (unpaired) electrons. The number of benzene rings is 1. The molecule has 0 spiro atoms. The molecule has 0 saturated heterocycles. The van der Waals surface area contributed by atoms with Gasteiger partial charge in [0.2, 0.25) is 0 Å². The van der Waals surface area contributed by atoms with Crippen LogP contribution in [0.1, 0.15) is 22.9 Å². The van der Waals surface area contributed by atoms with Gasteiger partial charge in [0.15, 0.2) is 11.6 Å². The number of aryl methyl sites for hydroxylation is 1. The van der Waals surface area contributed by atoms with E-state index < -0.39 is 11.6 Å². The second-order valence-electron chi connectivity index (χ2n) is 4.29. The molecule has 4 heteroatoms. The SMILES string of the molecule is Cc1ccc(C(N)Cc2ccc(F)c(F)c2)cn1. The highest BCUT2D eigenvalue weighted by molar-refractivity contribution is 5.23. The minimum absolute atomic E-state index is 0.275. The van der Waals surface area contributed by atoms with E-state index in [-0.39, 0.29) is 6.04 Å². The third-order valence-corrected chi connectivity index (χ3v) is 2.80. The first-order valence-electron chi connectivity index (χ1n) is 5.68. The van der Waals surface area contributed by atoms with E-state index in [1.807, 2.05) is 19.1 Å². The van der Waals surface area contributed by atoms with E-state index >= 15 is 0 Å². The second kappa shape index (κ2) is 5.23. The standard InChI is InChI=1S/C14H14F2N2/c1-9-2-4-11(8-18-9)14(17)7-10-3-5-12(15)13(16)6-10/h2-6,8,14H,7,17H2,1H3. The van der Waals surface area contributed by atoms with Crippen LogP contribution in [0.4, 0.5) is 8.78 Å². The highest BCUT2D eigenvalue weighted by Gasteiger charge is 2.09. The molecule has 2 rings (SSSR count). The topological polar surface area (TPSA) is 38.9 Å². The third-order valence-electron chi connectivity index (χ3n) is 2.80. The van der Waals surface area contributed by atoms with Crippen molar-refractivity contribution >= 4 is 0 Å². The predicted molar refractivity (Wildman–Crippen MR) is 66.0 cm³/mol. The van der Waals surface area contributed by atoms with Crippen LogP contribution in [-0.4, -0.2) is 4.98 Å². The molecule has 94 valence electrons.